The minimum atomic E-state index is 0.00714. The van der Waals surface area contributed by atoms with Crippen LogP contribution in [-0.2, 0) is 19.4 Å². The van der Waals surface area contributed by atoms with E-state index in [0.29, 0.717) is 12.4 Å². The lowest BCUT2D eigenvalue weighted by Gasteiger charge is -2.12. The number of hydrogen-bond donors (Lipinski definition) is 1. The number of hydrogen-bond acceptors (Lipinski definition) is 5. The van der Waals surface area contributed by atoms with Gasteiger partial charge in [-0.05, 0) is 58.9 Å². The summed E-state index contributed by atoms with van der Waals surface area (Å²) in [5.74, 6) is 0.503. The average molecular weight is 494 g/mol. The van der Waals surface area contributed by atoms with E-state index in [4.69, 9.17) is 0 Å². The Bertz CT molecular complexity index is 1550. The first kappa shape index (κ1) is 24.4. The molecular weight excluding hydrogens is 462 g/mol. The third kappa shape index (κ3) is 4.87. The van der Waals surface area contributed by atoms with E-state index in [2.05, 4.69) is 88.8 Å². The van der Waals surface area contributed by atoms with Gasteiger partial charge in [0.05, 0.1) is 12.2 Å². The first-order valence-corrected chi connectivity index (χ1v) is 12.8. The van der Waals surface area contributed by atoms with Gasteiger partial charge in [0.2, 0.25) is 5.82 Å². The van der Waals surface area contributed by atoms with E-state index in [0.717, 1.165) is 64.9 Å². The lowest BCUT2D eigenvalue weighted by Crippen LogP contribution is -2.25. The van der Waals surface area contributed by atoms with Crippen LogP contribution < -0.4 is 5.69 Å². The molecule has 8 nitrogen and oxygen atoms in total. The fourth-order valence-electron chi connectivity index (χ4n) is 4.92. The normalized spacial score (nSPS) is 11.2. The molecule has 0 aliphatic carbocycles. The average Bonchev–Trinajstić information content (AvgIpc) is 3.55. The SMILES string of the molecule is CCCc1cccc(C)c1-n1cc(CCC)n(Cc2ccc(-c3ccncc3-c3nn[nH]n3)cc2)c1=O. The molecule has 3 heterocycles. The predicted molar refractivity (Wildman–Crippen MR) is 145 cm³/mol. The highest BCUT2D eigenvalue weighted by molar-refractivity contribution is 5.79. The summed E-state index contributed by atoms with van der Waals surface area (Å²) < 4.78 is 3.77. The van der Waals surface area contributed by atoms with Crippen LogP contribution in [0.5, 0.6) is 0 Å². The van der Waals surface area contributed by atoms with Gasteiger partial charge in [0, 0.05) is 29.8 Å². The summed E-state index contributed by atoms with van der Waals surface area (Å²) >= 11 is 0. The molecule has 0 saturated carbocycles. The molecule has 8 heteroatoms. The van der Waals surface area contributed by atoms with Crippen LogP contribution >= 0.6 is 0 Å². The van der Waals surface area contributed by atoms with Crippen molar-refractivity contribution in [3.8, 4) is 28.2 Å². The maximum Gasteiger partial charge on any atom is 0.333 e. The van der Waals surface area contributed by atoms with Gasteiger partial charge in [0.1, 0.15) is 0 Å². The highest BCUT2D eigenvalue weighted by Gasteiger charge is 2.17. The Morgan fingerprint density at radius 2 is 1.76 bits per heavy atom. The molecule has 0 amide bonds. The van der Waals surface area contributed by atoms with Crippen LogP contribution in [0.2, 0.25) is 0 Å². The van der Waals surface area contributed by atoms with Crippen molar-refractivity contribution >= 4 is 0 Å². The fraction of sp³-hybridized carbons (Fsp3) is 0.276. The number of pyridine rings is 1. The monoisotopic (exact) mass is 493 g/mol. The van der Waals surface area contributed by atoms with Gasteiger partial charge in [-0.15, -0.1) is 10.2 Å². The Labute approximate surface area is 216 Å². The predicted octanol–water partition coefficient (Wildman–Crippen LogP) is 5.14. The summed E-state index contributed by atoms with van der Waals surface area (Å²) in [6, 6.07) is 16.5. The van der Waals surface area contributed by atoms with Crippen molar-refractivity contribution in [2.24, 2.45) is 0 Å². The van der Waals surface area contributed by atoms with Gasteiger partial charge in [-0.3, -0.25) is 14.1 Å². The zero-order valence-electron chi connectivity index (χ0n) is 21.5. The first-order valence-electron chi connectivity index (χ1n) is 12.8. The number of rotatable bonds is 9. The molecule has 0 saturated heterocycles. The van der Waals surface area contributed by atoms with Crippen LogP contribution in [0.3, 0.4) is 0 Å². The summed E-state index contributed by atoms with van der Waals surface area (Å²) in [5, 5.41) is 14.4. The second-order valence-electron chi connectivity index (χ2n) is 9.30. The Morgan fingerprint density at radius 1 is 0.946 bits per heavy atom. The van der Waals surface area contributed by atoms with Crippen LogP contribution in [0.15, 0.2) is 71.9 Å². The summed E-state index contributed by atoms with van der Waals surface area (Å²) in [5.41, 5.74) is 8.28. The minimum Gasteiger partial charge on any atom is -0.292 e. The van der Waals surface area contributed by atoms with Gasteiger partial charge in [0.15, 0.2) is 0 Å². The Kier molecular flexibility index (Phi) is 7.07. The molecule has 0 radical (unpaired) electrons. The number of tetrazole rings is 1. The molecular formula is C29H31N7O. The molecule has 1 N–H and O–H groups in total. The van der Waals surface area contributed by atoms with Crippen LogP contribution in [-0.4, -0.2) is 34.7 Å². The fourth-order valence-corrected chi connectivity index (χ4v) is 4.92. The maximum atomic E-state index is 13.7. The lowest BCUT2D eigenvalue weighted by atomic mass is 10.00. The zero-order valence-corrected chi connectivity index (χ0v) is 21.5. The van der Waals surface area contributed by atoms with Gasteiger partial charge in [-0.25, -0.2) is 4.79 Å². The number of aromatic amines is 1. The molecule has 2 aromatic carbocycles. The minimum absolute atomic E-state index is 0.00714. The molecule has 37 heavy (non-hydrogen) atoms. The van der Waals surface area contributed by atoms with Gasteiger partial charge in [0.25, 0.3) is 0 Å². The van der Waals surface area contributed by atoms with Crippen molar-refractivity contribution in [2.45, 2.75) is 53.0 Å². The van der Waals surface area contributed by atoms with Crippen molar-refractivity contribution in [2.75, 3.05) is 0 Å². The smallest absolute Gasteiger partial charge is 0.292 e. The highest BCUT2D eigenvalue weighted by atomic mass is 16.1. The number of nitrogens with one attached hydrogen (secondary N) is 1. The number of benzene rings is 2. The summed E-state index contributed by atoms with van der Waals surface area (Å²) in [6.45, 7) is 6.92. The molecule has 3 aromatic heterocycles. The number of aromatic nitrogens is 7. The van der Waals surface area contributed by atoms with Crippen molar-refractivity contribution in [3.63, 3.8) is 0 Å². The topological polar surface area (TPSA) is 94.3 Å². The van der Waals surface area contributed by atoms with Crippen LogP contribution in [0.4, 0.5) is 0 Å². The lowest BCUT2D eigenvalue weighted by molar-refractivity contribution is 0.690. The molecule has 0 atom stereocenters. The molecule has 0 aliphatic rings. The molecule has 0 bridgehead atoms. The van der Waals surface area contributed by atoms with Gasteiger partial charge in [-0.1, -0.05) is 69.2 Å². The zero-order chi connectivity index (χ0) is 25.8. The molecule has 0 unspecified atom stereocenters. The molecule has 0 fully saturated rings. The van der Waals surface area contributed by atoms with E-state index in [-0.39, 0.29) is 5.69 Å². The van der Waals surface area contributed by atoms with Crippen molar-refractivity contribution in [3.05, 3.63) is 100.0 Å². The van der Waals surface area contributed by atoms with Gasteiger partial charge < -0.3 is 0 Å². The number of para-hydroxylation sites is 1. The maximum absolute atomic E-state index is 13.7. The first-order chi connectivity index (χ1) is 18.1. The van der Waals surface area contributed by atoms with Crippen molar-refractivity contribution in [1.82, 2.24) is 34.7 Å². The Balaban J connectivity index is 1.49. The number of imidazole rings is 1. The number of H-pyrrole nitrogens is 1. The second kappa shape index (κ2) is 10.7. The summed E-state index contributed by atoms with van der Waals surface area (Å²) in [7, 11) is 0. The standard InChI is InChI=1S/C29H31N7O/c1-4-7-23-10-6-9-20(3)27(23)36-19-24(8-5-2)35(29(36)37)18-21-11-13-22(14-12-21)25-15-16-30-17-26(25)28-31-33-34-32-28/h6,9-17,19H,4-5,7-8,18H2,1-3H3,(H,31,32,33,34). The van der Waals surface area contributed by atoms with Gasteiger partial charge >= 0.3 is 5.69 Å². The third-order valence-electron chi connectivity index (χ3n) is 6.66. The van der Waals surface area contributed by atoms with Crippen molar-refractivity contribution in [1.29, 1.82) is 0 Å². The van der Waals surface area contributed by atoms with Crippen LogP contribution in [0.1, 0.15) is 49.1 Å². The molecule has 0 aliphatic heterocycles. The summed E-state index contributed by atoms with van der Waals surface area (Å²) in [4.78, 5) is 18.0. The van der Waals surface area contributed by atoms with Crippen molar-refractivity contribution < 1.29 is 0 Å². The molecule has 188 valence electrons. The van der Waals surface area contributed by atoms with E-state index in [1.165, 1.54) is 5.56 Å². The largest absolute Gasteiger partial charge is 0.333 e. The second-order valence-corrected chi connectivity index (χ2v) is 9.30. The van der Waals surface area contributed by atoms with E-state index >= 15 is 0 Å². The molecule has 5 aromatic rings. The Morgan fingerprint density at radius 3 is 2.49 bits per heavy atom. The highest BCUT2D eigenvalue weighted by Crippen LogP contribution is 2.29. The van der Waals surface area contributed by atoms with E-state index in [1.54, 1.807) is 12.4 Å². The molecule has 5 rings (SSSR count). The van der Waals surface area contributed by atoms with E-state index in [9.17, 15) is 4.79 Å². The third-order valence-corrected chi connectivity index (χ3v) is 6.66. The van der Waals surface area contributed by atoms with Crippen LogP contribution in [0.25, 0.3) is 28.2 Å². The quantitative estimate of drug-likeness (QED) is 0.307. The van der Waals surface area contributed by atoms with Crippen LogP contribution in [0, 0.1) is 6.92 Å². The molecule has 0 spiro atoms. The number of nitrogens with zero attached hydrogens (tertiary/aromatic N) is 6. The number of aryl methyl sites for hydroxylation is 3. The van der Waals surface area contributed by atoms with Gasteiger partial charge in [-0.2, -0.15) is 5.21 Å². The van der Waals surface area contributed by atoms with E-state index < -0.39 is 0 Å². The Hall–Kier alpha value is -4.33. The summed E-state index contributed by atoms with van der Waals surface area (Å²) in [6.07, 6.45) is 9.33. The van der Waals surface area contributed by atoms with E-state index in [1.807, 2.05) is 21.4 Å².